The van der Waals surface area contributed by atoms with Gasteiger partial charge in [0.15, 0.2) is 0 Å². The predicted molar refractivity (Wildman–Crippen MR) is 70.9 cm³/mol. The van der Waals surface area contributed by atoms with Gasteiger partial charge in [-0.15, -0.1) is 0 Å². The van der Waals surface area contributed by atoms with Crippen LogP contribution in [-0.2, 0) is 4.43 Å². The van der Waals surface area contributed by atoms with Crippen LogP contribution in [0.25, 0.3) is 0 Å². The lowest BCUT2D eigenvalue weighted by molar-refractivity contribution is 0.402. The average molecular weight is 232 g/mol. The third-order valence-electron chi connectivity index (χ3n) is 2.79. The molecule has 0 radical (unpaired) electrons. The molecule has 0 saturated carbocycles. The maximum absolute atomic E-state index is 6.05. The average Bonchev–Trinajstić information content (AvgIpc) is 2.65. The summed E-state index contributed by atoms with van der Waals surface area (Å²) in [5.41, 5.74) is 1.44. The van der Waals surface area contributed by atoms with Crippen molar-refractivity contribution >= 4 is 8.32 Å². The van der Waals surface area contributed by atoms with E-state index in [0.29, 0.717) is 5.92 Å². The van der Waals surface area contributed by atoms with Gasteiger partial charge in [0.05, 0.1) is 5.76 Å². The molecule has 1 nitrogen and oxygen atoms in total. The second-order valence-corrected chi connectivity index (χ2v) is 9.86. The maximum atomic E-state index is 6.05. The van der Waals surface area contributed by atoms with Crippen LogP contribution >= 0.6 is 0 Å². The van der Waals surface area contributed by atoms with E-state index in [2.05, 4.69) is 56.0 Å². The summed E-state index contributed by atoms with van der Waals surface area (Å²) < 4.78 is 6.05. The molecule has 1 atom stereocenters. The summed E-state index contributed by atoms with van der Waals surface area (Å²) in [7, 11) is -1.42. The Morgan fingerprint density at radius 3 is 2.44 bits per heavy atom. The molecule has 0 bridgehead atoms. The molecule has 86 valence electrons. The van der Waals surface area contributed by atoms with Crippen LogP contribution in [0.3, 0.4) is 0 Å². The van der Waals surface area contributed by atoms with Crippen LogP contribution in [0.4, 0.5) is 0 Å². The standard InChI is InChI=1S/C14H20OSi/c1-16(2,3)15-14-10-9-13(11-14)12-7-5-4-6-8-12/h4-8,10,13H,9,11H2,1-3H3. The Balaban J connectivity index is 1.97. The third kappa shape index (κ3) is 2.98. The summed E-state index contributed by atoms with van der Waals surface area (Å²) >= 11 is 0. The van der Waals surface area contributed by atoms with Crippen molar-refractivity contribution in [2.75, 3.05) is 0 Å². The Morgan fingerprint density at radius 2 is 1.81 bits per heavy atom. The fourth-order valence-corrected chi connectivity index (χ4v) is 3.09. The second kappa shape index (κ2) is 4.46. The van der Waals surface area contributed by atoms with Crippen molar-refractivity contribution in [2.24, 2.45) is 0 Å². The van der Waals surface area contributed by atoms with Gasteiger partial charge in [0.1, 0.15) is 0 Å². The van der Waals surface area contributed by atoms with Crippen molar-refractivity contribution in [3.05, 3.63) is 47.7 Å². The lowest BCUT2D eigenvalue weighted by Crippen LogP contribution is -2.24. The molecule has 1 aliphatic rings. The minimum Gasteiger partial charge on any atom is -0.548 e. The summed E-state index contributed by atoms with van der Waals surface area (Å²) in [5.74, 6) is 1.85. The van der Waals surface area contributed by atoms with Crippen molar-refractivity contribution in [3.63, 3.8) is 0 Å². The van der Waals surface area contributed by atoms with Crippen LogP contribution in [0, 0.1) is 0 Å². The Labute approximate surface area is 99.3 Å². The molecule has 1 aromatic carbocycles. The van der Waals surface area contributed by atoms with Gasteiger partial charge in [0.2, 0.25) is 8.32 Å². The molecule has 0 amide bonds. The number of benzene rings is 1. The maximum Gasteiger partial charge on any atom is 0.241 e. The molecular formula is C14H20OSi. The number of rotatable bonds is 3. The SMILES string of the molecule is C[Si](C)(C)OC1=CCC(c2ccccc2)C1. The van der Waals surface area contributed by atoms with E-state index in [1.807, 2.05) is 0 Å². The first-order chi connectivity index (χ1) is 7.54. The van der Waals surface area contributed by atoms with Crippen molar-refractivity contribution in [1.82, 2.24) is 0 Å². The Morgan fingerprint density at radius 1 is 1.12 bits per heavy atom. The molecule has 1 unspecified atom stereocenters. The number of hydrogen-bond donors (Lipinski definition) is 0. The first-order valence-electron chi connectivity index (χ1n) is 5.97. The fraction of sp³-hybridized carbons (Fsp3) is 0.429. The Hall–Kier alpha value is -1.02. The fourth-order valence-electron chi connectivity index (χ4n) is 2.14. The highest BCUT2D eigenvalue weighted by Crippen LogP contribution is 2.35. The van der Waals surface area contributed by atoms with E-state index in [0.717, 1.165) is 12.8 Å². The molecule has 16 heavy (non-hydrogen) atoms. The van der Waals surface area contributed by atoms with E-state index in [9.17, 15) is 0 Å². The highest BCUT2D eigenvalue weighted by Gasteiger charge is 2.24. The zero-order valence-electron chi connectivity index (χ0n) is 10.4. The van der Waals surface area contributed by atoms with Gasteiger partial charge in [-0.2, -0.15) is 0 Å². The molecule has 0 saturated heterocycles. The van der Waals surface area contributed by atoms with Gasteiger partial charge in [-0.3, -0.25) is 0 Å². The molecule has 0 fully saturated rings. The highest BCUT2D eigenvalue weighted by atomic mass is 28.4. The Bertz CT molecular complexity index is 375. The van der Waals surface area contributed by atoms with E-state index >= 15 is 0 Å². The molecule has 2 rings (SSSR count). The van der Waals surface area contributed by atoms with Crippen LogP contribution in [0.15, 0.2) is 42.2 Å². The zero-order valence-corrected chi connectivity index (χ0v) is 11.4. The molecule has 1 aromatic rings. The summed E-state index contributed by atoms with van der Waals surface area (Å²) in [4.78, 5) is 0. The van der Waals surface area contributed by atoms with Crippen LogP contribution in [-0.4, -0.2) is 8.32 Å². The van der Waals surface area contributed by atoms with Crippen LogP contribution in [0.1, 0.15) is 24.3 Å². The van der Waals surface area contributed by atoms with Crippen molar-refractivity contribution in [1.29, 1.82) is 0 Å². The topological polar surface area (TPSA) is 9.23 Å². The van der Waals surface area contributed by atoms with Gasteiger partial charge in [0.25, 0.3) is 0 Å². The second-order valence-electron chi connectivity index (χ2n) is 5.43. The smallest absolute Gasteiger partial charge is 0.241 e. The molecular weight excluding hydrogens is 212 g/mol. The lowest BCUT2D eigenvalue weighted by Gasteiger charge is -2.21. The minimum atomic E-state index is -1.42. The van der Waals surface area contributed by atoms with Gasteiger partial charge in [-0.25, -0.2) is 0 Å². The van der Waals surface area contributed by atoms with Crippen LogP contribution in [0.2, 0.25) is 19.6 Å². The zero-order chi connectivity index (χ0) is 11.6. The molecule has 0 spiro atoms. The largest absolute Gasteiger partial charge is 0.548 e. The highest BCUT2D eigenvalue weighted by molar-refractivity contribution is 6.70. The molecule has 0 heterocycles. The van der Waals surface area contributed by atoms with Crippen molar-refractivity contribution in [2.45, 2.75) is 38.4 Å². The van der Waals surface area contributed by atoms with E-state index < -0.39 is 8.32 Å². The molecule has 1 aliphatic carbocycles. The van der Waals surface area contributed by atoms with Crippen LogP contribution in [0.5, 0.6) is 0 Å². The van der Waals surface area contributed by atoms with Crippen LogP contribution < -0.4 is 0 Å². The van der Waals surface area contributed by atoms with E-state index in [4.69, 9.17) is 4.43 Å². The summed E-state index contributed by atoms with van der Waals surface area (Å²) in [6.45, 7) is 6.72. The first-order valence-corrected chi connectivity index (χ1v) is 9.38. The molecule has 0 aliphatic heterocycles. The van der Waals surface area contributed by atoms with Gasteiger partial charge < -0.3 is 4.43 Å². The van der Waals surface area contributed by atoms with Crippen molar-refractivity contribution in [3.8, 4) is 0 Å². The third-order valence-corrected chi connectivity index (χ3v) is 3.66. The van der Waals surface area contributed by atoms with E-state index in [1.54, 1.807) is 0 Å². The lowest BCUT2D eigenvalue weighted by atomic mass is 9.97. The Kier molecular flexibility index (Phi) is 3.19. The summed E-state index contributed by atoms with van der Waals surface area (Å²) in [6.07, 6.45) is 4.48. The normalized spacial score (nSPS) is 20.7. The number of allylic oxidation sites excluding steroid dienone is 2. The first kappa shape index (κ1) is 11.5. The minimum absolute atomic E-state index is 0.632. The van der Waals surface area contributed by atoms with E-state index in [-0.39, 0.29) is 0 Å². The van der Waals surface area contributed by atoms with Gasteiger partial charge >= 0.3 is 0 Å². The monoisotopic (exact) mass is 232 g/mol. The summed E-state index contributed by atoms with van der Waals surface area (Å²) in [5, 5.41) is 0. The molecule has 0 N–H and O–H groups in total. The number of hydrogen-bond acceptors (Lipinski definition) is 1. The summed E-state index contributed by atoms with van der Waals surface area (Å²) in [6, 6.07) is 10.7. The van der Waals surface area contributed by atoms with Crippen molar-refractivity contribution < 1.29 is 4.43 Å². The molecule has 0 aromatic heterocycles. The predicted octanol–water partition coefficient (Wildman–Crippen LogP) is 4.30. The molecule has 2 heteroatoms. The van der Waals surface area contributed by atoms with E-state index in [1.165, 1.54) is 11.3 Å². The van der Waals surface area contributed by atoms with Gasteiger partial charge in [0, 0.05) is 6.42 Å². The quantitative estimate of drug-likeness (QED) is 0.706. The van der Waals surface area contributed by atoms with Gasteiger partial charge in [-0.05, 0) is 43.6 Å². The van der Waals surface area contributed by atoms with Gasteiger partial charge in [-0.1, -0.05) is 30.3 Å².